The van der Waals surface area contributed by atoms with Crippen LogP contribution in [0.1, 0.15) is 28.6 Å². The average molecular weight is 355 g/mol. The first-order valence-electron chi connectivity index (χ1n) is 9.41. The Morgan fingerprint density at radius 2 is 1.92 bits per heavy atom. The molecule has 1 aromatic heterocycles. The molecule has 2 bridgehead atoms. The van der Waals surface area contributed by atoms with Crippen LogP contribution in [-0.4, -0.2) is 52.1 Å². The number of benzene rings is 1. The molecule has 1 aliphatic carbocycles. The van der Waals surface area contributed by atoms with E-state index in [1.165, 1.54) is 11.1 Å². The maximum Gasteiger partial charge on any atom is 0.183 e. The molecule has 5 atom stereocenters. The number of fused-ring (bicyclic) bond motifs is 3. The molecule has 0 spiro atoms. The van der Waals surface area contributed by atoms with Crippen molar-refractivity contribution in [2.45, 2.75) is 63.3 Å². The van der Waals surface area contributed by atoms with Gasteiger partial charge in [0.1, 0.15) is 12.1 Å². The van der Waals surface area contributed by atoms with Gasteiger partial charge in [-0.05, 0) is 43.9 Å². The second-order valence-corrected chi connectivity index (χ2v) is 7.80. The third-order valence-corrected chi connectivity index (χ3v) is 5.94. The molecule has 6 heteroatoms. The van der Waals surface area contributed by atoms with Gasteiger partial charge in [0.15, 0.2) is 6.29 Å². The Kier molecular flexibility index (Phi) is 3.90. The lowest BCUT2D eigenvalue weighted by Crippen LogP contribution is -2.60. The van der Waals surface area contributed by atoms with E-state index in [4.69, 9.17) is 9.47 Å². The highest BCUT2D eigenvalue weighted by Crippen LogP contribution is 2.37. The van der Waals surface area contributed by atoms with E-state index in [1.807, 2.05) is 24.6 Å². The summed E-state index contributed by atoms with van der Waals surface area (Å²) < 4.78 is 13.8. The first-order chi connectivity index (χ1) is 12.6. The molecule has 3 heterocycles. The summed E-state index contributed by atoms with van der Waals surface area (Å²) in [6, 6.07) is 10.4. The number of nitrogens with one attached hydrogen (secondary N) is 1. The molecule has 0 saturated carbocycles. The number of rotatable bonds is 3. The van der Waals surface area contributed by atoms with Crippen LogP contribution >= 0.6 is 0 Å². The summed E-state index contributed by atoms with van der Waals surface area (Å²) in [5.41, 5.74) is 4.74. The van der Waals surface area contributed by atoms with Crippen molar-refractivity contribution in [3.8, 4) is 0 Å². The third-order valence-electron chi connectivity index (χ3n) is 5.94. The predicted molar refractivity (Wildman–Crippen MR) is 95.9 cm³/mol. The van der Waals surface area contributed by atoms with Crippen molar-refractivity contribution >= 4 is 0 Å². The van der Waals surface area contributed by atoms with E-state index < -0.39 is 12.4 Å². The quantitative estimate of drug-likeness (QED) is 0.868. The number of nitrogens with zero attached hydrogens (tertiary/aromatic N) is 2. The monoisotopic (exact) mass is 355 g/mol. The van der Waals surface area contributed by atoms with Gasteiger partial charge in [-0.3, -0.25) is 4.68 Å². The highest BCUT2D eigenvalue weighted by molar-refractivity contribution is 5.33. The number of aliphatic hydroxyl groups excluding tert-OH is 1. The van der Waals surface area contributed by atoms with Crippen LogP contribution in [0.2, 0.25) is 0 Å². The number of hydrogen-bond donors (Lipinski definition) is 2. The van der Waals surface area contributed by atoms with Crippen LogP contribution in [0.3, 0.4) is 0 Å². The minimum absolute atomic E-state index is 0.119. The Labute approximate surface area is 153 Å². The summed E-state index contributed by atoms with van der Waals surface area (Å²) in [4.78, 5) is 0. The van der Waals surface area contributed by atoms with Crippen molar-refractivity contribution in [1.29, 1.82) is 0 Å². The molecule has 2 fully saturated rings. The molecule has 2 aromatic rings. The summed E-state index contributed by atoms with van der Waals surface area (Å²) in [6.45, 7) is 4.47. The van der Waals surface area contributed by atoms with E-state index in [0.717, 1.165) is 24.2 Å². The van der Waals surface area contributed by atoms with Crippen molar-refractivity contribution in [2.75, 3.05) is 6.61 Å². The maximum atomic E-state index is 11.2. The van der Waals surface area contributed by atoms with E-state index in [-0.39, 0.29) is 18.2 Å². The topological polar surface area (TPSA) is 68.5 Å². The molecular weight excluding hydrogens is 330 g/mol. The van der Waals surface area contributed by atoms with Gasteiger partial charge in [-0.15, -0.1) is 0 Å². The van der Waals surface area contributed by atoms with Gasteiger partial charge in [0.2, 0.25) is 0 Å². The lowest BCUT2D eigenvalue weighted by molar-refractivity contribution is -0.169. The van der Waals surface area contributed by atoms with Crippen molar-refractivity contribution in [3.05, 3.63) is 52.8 Å². The molecule has 1 aromatic carbocycles. The second kappa shape index (κ2) is 6.16. The Bertz CT molecular complexity index is 795. The molecule has 2 saturated heterocycles. The zero-order valence-corrected chi connectivity index (χ0v) is 15.1. The number of aliphatic hydroxyl groups is 1. The fraction of sp³-hybridized carbons (Fsp3) is 0.550. The first-order valence-corrected chi connectivity index (χ1v) is 9.41. The minimum atomic E-state index is -0.608. The first kappa shape index (κ1) is 16.4. The highest BCUT2D eigenvalue weighted by Gasteiger charge is 2.52. The summed E-state index contributed by atoms with van der Waals surface area (Å²) >= 11 is 0. The standard InChI is InChI=1S/C20H25N3O3/c1-11-7-12(2)23(22-11)18-19(24)17(16-10-25-20(18)26-16)21-15-8-13-5-3-4-6-14(13)9-15/h3-7,15-21,24H,8-10H2,1-2H3/t16-,17-,18-,19+,20-/m1/s1. The summed E-state index contributed by atoms with van der Waals surface area (Å²) in [7, 11) is 0. The number of ether oxygens (including phenoxy) is 2. The van der Waals surface area contributed by atoms with E-state index in [9.17, 15) is 5.11 Å². The number of aryl methyl sites for hydroxylation is 2. The molecule has 138 valence electrons. The van der Waals surface area contributed by atoms with Crippen LogP contribution in [0.4, 0.5) is 0 Å². The lowest BCUT2D eigenvalue weighted by Gasteiger charge is -2.40. The Morgan fingerprint density at radius 3 is 2.58 bits per heavy atom. The Hall–Kier alpha value is -1.73. The van der Waals surface area contributed by atoms with E-state index in [1.54, 1.807) is 0 Å². The fourth-order valence-electron chi connectivity index (χ4n) is 4.76. The maximum absolute atomic E-state index is 11.2. The van der Waals surface area contributed by atoms with Crippen LogP contribution < -0.4 is 5.32 Å². The Balaban J connectivity index is 1.38. The van der Waals surface area contributed by atoms with Crippen molar-refractivity contribution in [1.82, 2.24) is 15.1 Å². The zero-order valence-electron chi connectivity index (χ0n) is 15.1. The Morgan fingerprint density at radius 1 is 1.19 bits per heavy atom. The molecule has 0 amide bonds. The van der Waals surface area contributed by atoms with Crippen molar-refractivity contribution in [2.24, 2.45) is 0 Å². The molecule has 0 unspecified atom stereocenters. The van der Waals surface area contributed by atoms with E-state index in [0.29, 0.717) is 12.6 Å². The molecular formula is C20H25N3O3. The molecule has 2 N–H and O–H groups in total. The van der Waals surface area contributed by atoms with E-state index >= 15 is 0 Å². The molecule has 0 radical (unpaired) electrons. The largest absolute Gasteiger partial charge is 0.389 e. The van der Waals surface area contributed by atoms with Gasteiger partial charge in [-0.25, -0.2) is 0 Å². The van der Waals surface area contributed by atoms with Crippen molar-refractivity contribution < 1.29 is 14.6 Å². The second-order valence-electron chi connectivity index (χ2n) is 7.80. The summed E-state index contributed by atoms with van der Waals surface area (Å²) in [5, 5.41) is 19.4. The van der Waals surface area contributed by atoms with Gasteiger partial charge in [0, 0.05) is 11.7 Å². The SMILES string of the molecule is Cc1cc(C)n([C@H]2[C@@H]3OC[C@@H](O3)[C@@H](NC3Cc4ccccc4C3)[C@@H]2O)n1. The smallest absolute Gasteiger partial charge is 0.183 e. The third kappa shape index (κ3) is 2.60. The summed E-state index contributed by atoms with van der Waals surface area (Å²) in [6.07, 6.45) is 0.809. The van der Waals surface area contributed by atoms with Crippen LogP contribution in [0.15, 0.2) is 30.3 Å². The van der Waals surface area contributed by atoms with Crippen LogP contribution in [0, 0.1) is 13.8 Å². The minimum Gasteiger partial charge on any atom is -0.389 e. The van der Waals surface area contributed by atoms with Crippen LogP contribution in [-0.2, 0) is 22.3 Å². The van der Waals surface area contributed by atoms with E-state index in [2.05, 4.69) is 34.7 Å². The van der Waals surface area contributed by atoms with Gasteiger partial charge in [0.05, 0.1) is 24.4 Å². The molecule has 6 nitrogen and oxygen atoms in total. The number of hydrogen-bond acceptors (Lipinski definition) is 5. The summed E-state index contributed by atoms with van der Waals surface area (Å²) in [5.74, 6) is 0. The number of aromatic nitrogens is 2. The highest BCUT2D eigenvalue weighted by atomic mass is 16.7. The van der Waals surface area contributed by atoms with Gasteiger partial charge in [-0.1, -0.05) is 24.3 Å². The van der Waals surface area contributed by atoms with Gasteiger partial charge in [0.25, 0.3) is 0 Å². The van der Waals surface area contributed by atoms with Gasteiger partial charge in [-0.2, -0.15) is 5.10 Å². The van der Waals surface area contributed by atoms with Crippen molar-refractivity contribution in [3.63, 3.8) is 0 Å². The molecule has 26 heavy (non-hydrogen) atoms. The molecule has 2 aliphatic heterocycles. The molecule has 3 aliphatic rings. The van der Waals surface area contributed by atoms with Gasteiger partial charge < -0.3 is 19.9 Å². The van der Waals surface area contributed by atoms with Crippen LogP contribution in [0.5, 0.6) is 0 Å². The molecule has 5 rings (SSSR count). The predicted octanol–water partition coefficient (Wildman–Crippen LogP) is 1.28. The van der Waals surface area contributed by atoms with Crippen LogP contribution in [0.25, 0.3) is 0 Å². The van der Waals surface area contributed by atoms with Gasteiger partial charge >= 0.3 is 0 Å². The zero-order chi connectivity index (χ0) is 17.8. The average Bonchev–Trinajstić information content (AvgIpc) is 3.30. The lowest BCUT2D eigenvalue weighted by atomic mass is 9.94. The fourth-order valence-corrected chi connectivity index (χ4v) is 4.76. The normalized spacial score (nSPS) is 33.6.